The molecule has 1 N–H and O–H groups in total. The van der Waals surface area contributed by atoms with Gasteiger partial charge in [0.25, 0.3) is 0 Å². The highest BCUT2D eigenvalue weighted by molar-refractivity contribution is 6.34. The zero-order chi connectivity index (χ0) is 23.9. The fraction of sp³-hybridized carbons (Fsp3) is 0.360. The first-order valence-electron chi connectivity index (χ1n) is 10.6. The average molecular weight is 487 g/mol. The van der Waals surface area contributed by atoms with Crippen molar-refractivity contribution < 1.29 is 19.4 Å². The molecule has 0 aliphatic carbocycles. The van der Waals surface area contributed by atoms with E-state index in [9.17, 15) is 14.7 Å². The van der Waals surface area contributed by atoms with E-state index in [1.807, 2.05) is 45.0 Å². The molecule has 33 heavy (non-hydrogen) atoms. The van der Waals surface area contributed by atoms with E-state index in [2.05, 4.69) is 10.9 Å². The molecule has 0 radical (unpaired) electrons. The van der Waals surface area contributed by atoms with Gasteiger partial charge in [0.05, 0.1) is 21.3 Å². The maximum atomic E-state index is 11.8. The molecule has 8 heteroatoms. The second-order valence-corrected chi connectivity index (χ2v) is 10.2. The van der Waals surface area contributed by atoms with Crippen LogP contribution in [-0.4, -0.2) is 39.6 Å². The summed E-state index contributed by atoms with van der Waals surface area (Å²) < 4.78 is 6.39. The predicted octanol–water partition coefficient (Wildman–Crippen LogP) is 6.31. The van der Waals surface area contributed by atoms with Crippen molar-refractivity contribution in [1.82, 2.24) is 9.88 Å². The van der Waals surface area contributed by atoms with Crippen molar-refractivity contribution in [3.8, 4) is 5.75 Å². The van der Waals surface area contributed by atoms with Gasteiger partial charge in [-0.3, -0.25) is 4.98 Å². The van der Waals surface area contributed by atoms with Crippen LogP contribution in [0.4, 0.5) is 4.79 Å². The number of hydrogen-bond donors (Lipinski definition) is 1. The molecule has 1 amide bonds. The smallest absolute Gasteiger partial charge is 0.407 e. The van der Waals surface area contributed by atoms with Crippen LogP contribution in [0.2, 0.25) is 10.0 Å². The molecule has 2 aliphatic heterocycles. The van der Waals surface area contributed by atoms with E-state index < -0.39 is 12.2 Å². The largest absolute Gasteiger partial charge is 0.482 e. The lowest BCUT2D eigenvalue weighted by Gasteiger charge is -2.42. The number of carbonyl (C=O) groups excluding carboxylic acids is 1. The number of para-hydroxylation sites is 1. The standard InChI is InChI=1S/C25H24Cl2N2O4/c1-25(2,3)21-10-14(7-8-29(21)24(31)32)17-5-4-6-18-15(13-30)9-20(33-23(17)18)22-19(27)11-16(26)12-28-22/h4-7,11-12,20-21H,8-10H2,1-3H3,(H,31,32). The summed E-state index contributed by atoms with van der Waals surface area (Å²) >= 11 is 12.4. The summed E-state index contributed by atoms with van der Waals surface area (Å²) in [6, 6.07) is 7.03. The molecule has 172 valence electrons. The van der Waals surface area contributed by atoms with Crippen molar-refractivity contribution in [2.45, 2.75) is 45.8 Å². The lowest BCUT2D eigenvalue weighted by molar-refractivity contribution is 0.0883. The lowest BCUT2D eigenvalue weighted by atomic mass is 9.78. The van der Waals surface area contributed by atoms with Crippen molar-refractivity contribution in [3.63, 3.8) is 0 Å². The molecule has 1 aromatic carbocycles. The molecule has 3 heterocycles. The van der Waals surface area contributed by atoms with Crippen molar-refractivity contribution >= 4 is 46.4 Å². The van der Waals surface area contributed by atoms with Gasteiger partial charge >= 0.3 is 6.09 Å². The predicted molar refractivity (Wildman–Crippen MR) is 128 cm³/mol. The van der Waals surface area contributed by atoms with Gasteiger partial charge in [-0.2, -0.15) is 0 Å². The monoisotopic (exact) mass is 486 g/mol. The van der Waals surface area contributed by atoms with E-state index >= 15 is 0 Å². The number of hydrogen-bond acceptors (Lipinski definition) is 4. The highest BCUT2D eigenvalue weighted by Crippen LogP contribution is 2.47. The maximum absolute atomic E-state index is 11.8. The Bertz CT molecular complexity index is 1200. The summed E-state index contributed by atoms with van der Waals surface area (Å²) in [7, 11) is 0. The first-order valence-corrected chi connectivity index (χ1v) is 11.4. The van der Waals surface area contributed by atoms with Gasteiger partial charge in [0.2, 0.25) is 0 Å². The number of rotatable bonds is 2. The highest BCUT2D eigenvalue weighted by atomic mass is 35.5. The highest BCUT2D eigenvalue weighted by Gasteiger charge is 2.38. The minimum absolute atomic E-state index is 0.210. The van der Waals surface area contributed by atoms with E-state index in [4.69, 9.17) is 27.9 Å². The molecule has 2 unspecified atom stereocenters. The number of ether oxygens (including phenoxy) is 1. The first-order chi connectivity index (χ1) is 15.6. The zero-order valence-electron chi connectivity index (χ0n) is 18.6. The molecule has 2 aromatic rings. The van der Waals surface area contributed by atoms with Gasteiger partial charge in [0, 0.05) is 36.3 Å². The summed E-state index contributed by atoms with van der Waals surface area (Å²) in [5, 5.41) is 10.5. The van der Waals surface area contributed by atoms with Gasteiger partial charge in [-0.05, 0) is 23.5 Å². The molecule has 4 rings (SSSR count). The van der Waals surface area contributed by atoms with Gasteiger partial charge in [-0.1, -0.05) is 68.2 Å². The second kappa shape index (κ2) is 8.86. The summed E-state index contributed by atoms with van der Waals surface area (Å²) in [6.07, 6.45) is 2.71. The number of carboxylic acid groups (broad SMARTS) is 1. The third-order valence-corrected chi connectivity index (χ3v) is 6.68. The minimum Gasteiger partial charge on any atom is -0.482 e. The van der Waals surface area contributed by atoms with E-state index in [1.165, 1.54) is 11.1 Å². The van der Waals surface area contributed by atoms with Crippen LogP contribution in [0.1, 0.15) is 56.5 Å². The number of carbonyl (C=O) groups is 1. The van der Waals surface area contributed by atoms with Gasteiger partial charge in [-0.15, -0.1) is 0 Å². The molecule has 2 aliphatic rings. The summed E-state index contributed by atoms with van der Waals surface area (Å²) in [5.74, 6) is 2.62. The Morgan fingerprint density at radius 3 is 2.61 bits per heavy atom. The average Bonchev–Trinajstić information content (AvgIpc) is 2.77. The number of fused-ring (bicyclic) bond motifs is 1. The number of amides is 1. The Morgan fingerprint density at radius 2 is 1.97 bits per heavy atom. The van der Waals surface area contributed by atoms with Crippen molar-refractivity contribution in [1.29, 1.82) is 0 Å². The number of nitrogens with zero attached hydrogens (tertiary/aromatic N) is 2. The maximum Gasteiger partial charge on any atom is 0.407 e. The minimum atomic E-state index is -0.939. The molecule has 0 fully saturated rings. The van der Waals surface area contributed by atoms with Gasteiger partial charge in [0.15, 0.2) is 0 Å². The topological polar surface area (TPSA) is 79.7 Å². The fourth-order valence-corrected chi connectivity index (χ4v) is 4.99. The van der Waals surface area contributed by atoms with Crippen LogP contribution >= 0.6 is 23.2 Å². The summed E-state index contributed by atoms with van der Waals surface area (Å²) in [5.41, 5.74) is 3.20. The number of benzene rings is 1. The quantitative estimate of drug-likeness (QED) is 0.503. The fourth-order valence-electron chi connectivity index (χ4n) is 4.49. The molecule has 0 bridgehead atoms. The van der Waals surface area contributed by atoms with Crippen molar-refractivity contribution in [2.24, 2.45) is 5.41 Å². The normalized spacial score (nSPS) is 20.5. The zero-order valence-corrected chi connectivity index (χ0v) is 20.1. The van der Waals surface area contributed by atoms with E-state index in [-0.39, 0.29) is 24.4 Å². The summed E-state index contributed by atoms with van der Waals surface area (Å²) in [6.45, 7) is 6.38. The Hall–Kier alpha value is -2.79. The third kappa shape index (κ3) is 4.51. The van der Waals surface area contributed by atoms with Gasteiger partial charge < -0.3 is 14.7 Å². The Kier molecular flexibility index (Phi) is 6.28. The third-order valence-electron chi connectivity index (χ3n) is 6.17. The molecule has 6 nitrogen and oxygen atoms in total. The lowest BCUT2D eigenvalue weighted by Crippen LogP contribution is -2.48. The van der Waals surface area contributed by atoms with Crippen LogP contribution in [-0.2, 0) is 4.79 Å². The van der Waals surface area contributed by atoms with Crippen LogP contribution in [0, 0.1) is 5.41 Å². The van der Waals surface area contributed by atoms with E-state index in [1.54, 1.807) is 6.07 Å². The van der Waals surface area contributed by atoms with Crippen molar-refractivity contribution in [3.05, 3.63) is 63.4 Å². The van der Waals surface area contributed by atoms with Gasteiger partial charge in [-0.25, -0.2) is 9.59 Å². The molecule has 2 atom stereocenters. The van der Waals surface area contributed by atoms with Crippen LogP contribution in [0.15, 0.2) is 36.5 Å². The van der Waals surface area contributed by atoms with Crippen LogP contribution in [0.25, 0.3) is 11.1 Å². The van der Waals surface area contributed by atoms with Gasteiger partial charge in [0.1, 0.15) is 17.8 Å². The number of aromatic nitrogens is 1. The molecule has 1 aromatic heterocycles. The number of halogens is 2. The molecular weight excluding hydrogens is 463 g/mol. The first kappa shape index (κ1) is 23.4. The summed E-state index contributed by atoms with van der Waals surface area (Å²) in [4.78, 5) is 29.5. The second-order valence-electron chi connectivity index (χ2n) is 9.34. The van der Waals surface area contributed by atoms with E-state index in [0.717, 1.165) is 11.1 Å². The Labute approximate surface area is 202 Å². The number of pyridine rings is 1. The SMILES string of the molecule is CC(C)(C)C1CC(c2cccc3c2OC(c2ncc(Cl)cc2Cl)CC3=C=O)=CCN1C(=O)O. The molecule has 0 saturated carbocycles. The van der Waals surface area contributed by atoms with Crippen LogP contribution in [0.3, 0.4) is 0 Å². The molecule has 0 spiro atoms. The molecule has 0 saturated heterocycles. The van der Waals surface area contributed by atoms with E-state index in [0.29, 0.717) is 39.0 Å². The van der Waals surface area contributed by atoms with Crippen LogP contribution < -0.4 is 4.74 Å². The Balaban J connectivity index is 1.78. The van der Waals surface area contributed by atoms with Crippen molar-refractivity contribution in [2.75, 3.05) is 6.54 Å². The molecular formula is C25H24Cl2N2O4. The van der Waals surface area contributed by atoms with Crippen LogP contribution in [0.5, 0.6) is 5.75 Å². The Morgan fingerprint density at radius 1 is 1.24 bits per heavy atom.